The van der Waals surface area contributed by atoms with E-state index in [-0.39, 0.29) is 61.8 Å². The highest BCUT2D eigenvalue weighted by atomic mass is 32.2. The monoisotopic (exact) mass is 881 g/mol. The Morgan fingerprint density at radius 2 is 1.11 bits per heavy atom. The summed E-state index contributed by atoms with van der Waals surface area (Å²) in [5, 5.41) is 43.6. The standard InChI is InChI=1S/C42H63N11O6S2/c1-2-20-59-21-19-47-40(58)27-22-28(48-36(56)15-7-9-17-45-34(54)13-5-3-11-32-38-30(25-60-32)50-41(43)52-38)24-29(23-27)49-37(57)16-8-10-18-46-35(55)14-6-4-12-33-39-31(26-61-33)51-42(44)53-39/h1,22-24,30-33,38-39H,3-21,25-26H2,(H,45,54)(H,46,55)(H,47,58)(H,48,56)(H,49,57)(H3,43,50,52)(H3,44,51,53). The quantitative estimate of drug-likeness (QED) is 0.0451. The van der Waals surface area contributed by atoms with Crippen LogP contribution in [0.4, 0.5) is 11.4 Å². The van der Waals surface area contributed by atoms with Gasteiger partial charge in [0.05, 0.1) is 30.8 Å². The van der Waals surface area contributed by atoms with Gasteiger partial charge < -0.3 is 52.6 Å². The van der Waals surface area contributed by atoms with E-state index in [1.54, 1.807) is 18.2 Å². The van der Waals surface area contributed by atoms with Crippen LogP contribution in [0.1, 0.15) is 100 Å². The summed E-state index contributed by atoms with van der Waals surface area (Å²) in [6.45, 7) is 1.52. The Bertz CT molecular complexity index is 1640. The third kappa shape index (κ3) is 16.3. The molecule has 5 amide bonds. The highest BCUT2D eigenvalue weighted by Gasteiger charge is 2.42. The molecule has 11 N–H and O–H groups in total. The second-order valence-electron chi connectivity index (χ2n) is 15.8. The van der Waals surface area contributed by atoms with Gasteiger partial charge in [-0.2, -0.15) is 23.5 Å². The number of carbonyl (C=O) groups excluding carboxylic acids is 5. The molecular weight excluding hydrogens is 819 g/mol. The van der Waals surface area contributed by atoms with Crippen LogP contribution in [0, 0.1) is 23.2 Å². The van der Waals surface area contributed by atoms with Crippen molar-refractivity contribution >= 4 is 76.4 Å². The second kappa shape index (κ2) is 25.3. The summed E-state index contributed by atoms with van der Waals surface area (Å²) in [6, 6.07) is 5.93. The minimum absolute atomic E-state index is 0.000804. The van der Waals surface area contributed by atoms with Gasteiger partial charge in [-0.05, 0) is 69.6 Å². The lowest BCUT2D eigenvalue weighted by atomic mass is 10.0. The van der Waals surface area contributed by atoms with Crippen molar-refractivity contribution in [2.45, 2.75) is 125 Å². The molecule has 0 saturated carbocycles. The van der Waals surface area contributed by atoms with E-state index >= 15 is 0 Å². The summed E-state index contributed by atoms with van der Waals surface area (Å²) in [5.41, 5.74) is 0.959. The summed E-state index contributed by atoms with van der Waals surface area (Å²) in [6.07, 6.45) is 14.4. The summed E-state index contributed by atoms with van der Waals surface area (Å²) >= 11 is 3.85. The lowest BCUT2D eigenvalue weighted by Crippen LogP contribution is -2.36. The molecule has 61 heavy (non-hydrogen) atoms. The van der Waals surface area contributed by atoms with Gasteiger partial charge in [-0.3, -0.25) is 34.8 Å². The summed E-state index contributed by atoms with van der Waals surface area (Å²) in [4.78, 5) is 63.6. The van der Waals surface area contributed by atoms with Crippen LogP contribution in [0.15, 0.2) is 18.2 Å². The Kier molecular flexibility index (Phi) is 19.7. The number of guanidine groups is 2. The van der Waals surface area contributed by atoms with Crippen molar-refractivity contribution in [3.05, 3.63) is 23.8 Å². The molecule has 19 heteroatoms. The van der Waals surface area contributed by atoms with Crippen LogP contribution in [0.5, 0.6) is 0 Å². The van der Waals surface area contributed by atoms with Gasteiger partial charge in [0.15, 0.2) is 11.9 Å². The number of nitrogens with one attached hydrogen (secondary N) is 11. The number of benzene rings is 1. The Hall–Kier alpha value is -4.67. The maximum atomic E-state index is 13.0. The first-order chi connectivity index (χ1) is 29.6. The SMILES string of the molecule is C#CCOCCNC(=O)c1cc(NC(=O)CCCCNC(=O)CCCCC2SCC3NC(=N)NC32)cc(NC(=O)CCCCNC(=O)CCCCC2SCC3NC(=N)NC32)c1. The minimum atomic E-state index is -0.409. The normalized spacial score (nSPS) is 22.1. The van der Waals surface area contributed by atoms with Crippen molar-refractivity contribution in [3.63, 3.8) is 0 Å². The fourth-order valence-corrected chi connectivity index (χ4v) is 11.0. The van der Waals surface area contributed by atoms with Gasteiger partial charge >= 0.3 is 0 Å². The molecule has 0 spiro atoms. The molecule has 0 radical (unpaired) electrons. The molecule has 0 bridgehead atoms. The second-order valence-corrected chi connectivity index (χ2v) is 18.4. The summed E-state index contributed by atoms with van der Waals surface area (Å²) in [5.74, 6) is 4.25. The largest absolute Gasteiger partial charge is 0.367 e. The molecule has 5 rings (SSSR count). The summed E-state index contributed by atoms with van der Waals surface area (Å²) < 4.78 is 5.23. The van der Waals surface area contributed by atoms with Crippen molar-refractivity contribution in [1.82, 2.24) is 37.2 Å². The number of unbranched alkanes of at least 4 members (excludes halogenated alkanes) is 4. The van der Waals surface area contributed by atoms with Gasteiger partial charge in [0.25, 0.3) is 5.91 Å². The molecule has 4 heterocycles. The molecule has 0 aromatic heterocycles. The minimum Gasteiger partial charge on any atom is -0.367 e. The third-order valence-corrected chi connectivity index (χ3v) is 14.0. The van der Waals surface area contributed by atoms with Crippen LogP contribution in [0.3, 0.4) is 0 Å². The van der Waals surface area contributed by atoms with Crippen molar-refractivity contribution in [2.24, 2.45) is 0 Å². The van der Waals surface area contributed by atoms with Crippen molar-refractivity contribution < 1.29 is 28.7 Å². The third-order valence-electron chi connectivity index (χ3n) is 11.0. The summed E-state index contributed by atoms with van der Waals surface area (Å²) in [7, 11) is 0. The molecule has 6 atom stereocenters. The molecule has 4 aliphatic rings. The number of terminal acetylenes is 1. The first-order valence-corrected chi connectivity index (χ1v) is 23.7. The van der Waals surface area contributed by atoms with E-state index in [1.165, 1.54) is 0 Å². The smallest absolute Gasteiger partial charge is 0.251 e. The van der Waals surface area contributed by atoms with Crippen molar-refractivity contribution in [1.29, 1.82) is 10.8 Å². The fourth-order valence-electron chi connectivity index (χ4n) is 7.89. The Labute approximate surface area is 367 Å². The molecule has 0 aliphatic carbocycles. The van der Waals surface area contributed by atoms with E-state index in [2.05, 4.69) is 53.8 Å². The van der Waals surface area contributed by atoms with Gasteiger partial charge in [-0.15, -0.1) is 6.42 Å². The number of rotatable bonds is 27. The van der Waals surface area contributed by atoms with E-state index < -0.39 is 5.91 Å². The zero-order valence-corrected chi connectivity index (χ0v) is 36.5. The molecule has 17 nitrogen and oxygen atoms in total. The Balaban J connectivity index is 0.956. The zero-order chi connectivity index (χ0) is 43.4. The maximum absolute atomic E-state index is 13.0. The van der Waals surface area contributed by atoms with Gasteiger partial charge in [0.2, 0.25) is 23.6 Å². The zero-order valence-electron chi connectivity index (χ0n) is 34.9. The molecule has 1 aromatic carbocycles. The maximum Gasteiger partial charge on any atom is 0.251 e. The molecule has 334 valence electrons. The van der Waals surface area contributed by atoms with Gasteiger partial charge in [-0.25, -0.2) is 0 Å². The van der Waals surface area contributed by atoms with Crippen LogP contribution in [-0.2, 0) is 23.9 Å². The predicted molar refractivity (Wildman–Crippen MR) is 242 cm³/mol. The molecule has 1 aromatic rings. The van der Waals surface area contributed by atoms with E-state index in [0.29, 0.717) is 110 Å². The van der Waals surface area contributed by atoms with Crippen molar-refractivity contribution in [2.75, 3.05) is 55.0 Å². The van der Waals surface area contributed by atoms with Crippen molar-refractivity contribution in [3.8, 4) is 12.3 Å². The molecule has 4 aliphatic heterocycles. The Morgan fingerprint density at radius 3 is 1.61 bits per heavy atom. The fraction of sp³-hybridized carbons (Fsp3) is 0.643. The number of thioether (sulfide) groups is 2. The van der Waals surface area contributed by atoms with Crippen LogP contribution in [0.2, 0.25) is 0 Å². The Morgan fingerprint density at radius 1 is 0.639 bits per heavy atom. The highest BCUT2D eigenvalue weighted by molar-refractivity contribution is 8.00. The number of fused-ring (bicyclic) bond motifs is 2. The lowest BCUT2D eigenvalue weighted by Gasteiger charge is -2.16. The molecular formula is C42H63N11O6S2. The number of anilines is 2. The van der Waals surface area contributed by atoms with Gasteiger partial charge in [0.1, 0.15) is 6.61 Å². The van der Waals surface area contributed by atoms with Crippen LogP contribution < -0.4 is 47.9 Å². The first kappa shape index (κ1) is 47.4. The number of carbonyl (C=O) groups is 5. The van der Waals surface area contributed by atoms with Crippen LogP contribution in [0.25, 0.3) is 0 Å². The highest BCUT2D eigenvalue weighted by Crippen LogP contribution is 2.34. The number of hydrogen-bond donors (Lipinski definition) is 11. The molecule has 4 fully saturated rings. The van der Waals surface area contributed by atoms with Crippen LogP contribution >= 0.6 is 23.5 Å². The average molecular weight is 882 g/mol. The average Bonchev–Trinajstić information content (AvgIpc) is 3.99. The first-order valence-electron chi connectivity index (χ1n) is 21.6. The number of ether oxygens (including phenoxy) is 1. The lowest BCUT2D eigenvalue weighted by molar-refractivity contribution is -0.122. The van der Waals surface area contributed by atoms with E-state index in [1.807, 2.05) is 23.5 Å². The van der Waals surface area contributed by atoms with E-state index in [4.69, 9.17) is 22.0 Å². The van der Waals surface area contributed by atoms with Gasteiger partial charge in [0, 0.05) is 84.3 Å². The van der Waals surface area contributed by atoms with Crippen LogP contribution in [-0.4, -0.2) is 120 Å². The topological polar surface area (TPSA) is 251 Å². The molecule has 6 unspecified atom stereocenters. The van der Waals surface area contributed by atoms with E-state index in [0.717, 1.165) is 50.0 Å². The number of amides is 5. The van der Waals surface area contributed by atoms with Gasteiger partial charge in [-0.1, -0.05) is 18.8 Å². The van der Waals surface area contributed by atoms with E-state index in [9.17, 15) is 24.0 Å². The predicted octanol–water partition coefficient (Wildman–Crippen LogP) is 2.60. The molecule has 4 saturated heterocycles. The number of hydrogen-bond acceptors (Lipinski definition) is 10.